The molecule has 6 heteroatoms. The predicted molar refractivity (Wildman–Crippen MR) is 156 cm³/mol. The Morgan fingerprint density at radius 2 is 1.76 bits per heavy atom. The lowest BCUT2D eigenvalue weighted by Gasteiger charge is -2.15. The second-order valence-corrected chi connectivity index (χ2v) is 7.98. The molecule has 2 aromatic carbocycles. The van der Waals surface area contributed by atoms with Gasteiger partial charge >= 0.3 is 0 Å². The van der Waals surface area contributed by atoms with Crippen molar-refractivity contribution in [2.45, 2.75) is 40.7 Å². The molecule has 4 rings (SSSR count). The summed E-state index contributed by atoms with van der Waals surface area (Å²) in [6.07, 6.45) is 14.4. The van der Waals surface area contributed by atoms with Gasteiger partial charge in [-0.2, -0.15) is 5.10 Å². The largest absolute Gasteiger partial charge is 0.508 e. The van der Waals surface area contributed by atoms with Crippen molar-refractivity contribution >= 4 is 17.2 Å². The van der Waals surface area contributed by atoms with Gasteiger partial charge in [0, 0.05) is 24.1 Å². The molecule has 37 heavy (non-hydrogen) atoms. The minimum Gasteiger partial charge on any atom is -0.508 e. The zero-order chi connectivity index (χ0) is 27.2. The number of nitrogens with zero attached hydrogens (tertiary/aromatic N) is 2. The van der Waals surface area contributed by atoms with Gasteiger partial charge < -0.3 is 20.7 Å². The minimum atomic E-state index is 0.297. The molecule has 0 radical (unpaired) electrons. The van der Waals surface area contributed by atoms with E-state index in [9.17, 15) is 5.11 Å². The predicted octanol–water partition coefficient (Wildman–Crippen LogP) is 6.72. The number of allylic oxidation sites excluding steroid dienone is 1. The van der Waals surface area contributed by atoms with Gasteiger partial charge in [-0.05, 0) is 73.4 Å². The van der Waals surface area contributed by atoms with Crippen molar-refractivity contribution in [3.63, 3.8) is 0 Å². The lowest BCUT2D eigenvalue weighted by atomic mass is 10.1. The highest BCUT2D eigenvalue weighted by molar-refractivity contribution is 5.73. The minimum absolute atomic E-state index is 0.297. The number of aromatic hydroxyl groups is 1. The fourth-order valence-corrected chi connectivity index (χ4v) is 3.52. The highest BCUT2D eigenvalue weighted by atomic mass is 16.3. The summed E-state index contributed by atoms with van der Waals surface area (Å²) in [4.78, 5) is 3.15. The Balaban J connectivity index is 0.00000115. The molecule has 4 N–H and O–H groups in total. The number of anilines is 1. The van der Waals surface area contributed by atoms with Crippen LogP contribution in [0.3, 0.4) is 0 Å². The standard InChI is InChI=1S/C27H29N5O.C2H6.C2H2/c1-19-17-30-32(21(19)3)27(15-12-23-7-4-5-9-26(23)33)29-18-22-10-13-24(14-11-22)31-20(2)25-8-6-16-28-25;2*1-2/h4-11,13-17,28-29,31,33H,2,12,18H2,1,3H3;1-2H3;1-2H/b27-15-;;. The Labute approximate surface area is 220 Å². The van der Waals surface area contributed by atoms with Crippen molar-refractivity contribution in [1.29, 1.82) is 0 Å². The van der Waals surface area contributed by atoms with E-state index in [0.717, 1.165) is 45.3 Å². The third-order valence-corrected chi connectivity index (χ3v) is 5.64. The molecule has 192 valence electrons. The Kier molecular flexibility index (Phi) is 11.4. The number of aromatic amines is 1. The van der Waals surface area contributed by atoms with Crippen LogP contribution in [0.15, 0.2) is 85.7 Å². The molecule has 0 unspecified atom stereocenters. The molecule has 4 aromatic rings. The second-order valence-electron chi connectivity index (χ2n) is 7.98. The van der Waals surface area contributed by atoms with E-state index in [-0.39, 0.29) is 0 Å². The van der Waals surface area contributed by atoms with Gasteiger partial charge in [0.05, 0.1) is 17.6 Å². The number of aryl methyl sites for hydroxylation is 1. The first-order valence-corrected chi connectivity index (χ1v) is 12.3. The molecule has 2 heterocycles. The van der Waals surface area contributed by atoms with Gasteiger partial charge in [0.1, 0.15) is 11.6 Å². The maximum atomic E-state index is 10.1. The van der Waals surface area contributed by atoms with Crippen LogP contribution in [-0.4, -0.2) is 19.9 Å². The lowest BCUT2D eigenvalue weighted by molar-refractivity contribution is 0.469. The molecule has 0 aliphatic carbocycles. The van der Waals surface area contributed by atoms with Crippen LogP contribution in [0, 0.1) is 26.7 Å². The highest BCUT2D eigenvalue weighted by Gasteiger charge is 2.09. The zero-order valence-electron chi connectivity index (χ0n) is 22.1. The normalized spacial score (nSPS) is 10.4. The van der Waals surface area contributed by atoms with Crippen molar-refractivity contribution in [1.82, 2.24) is 20.1 Å². The number of aromatic nitrogens is 3. The fraction of sp³-hybridized carbons (Fsp3) is 0.194. The van der Waals surface area contributed by atoms with E-state index in [4.69, 9.17) is 0 Å². The van der Waals surface area contributed by atoms with Gasteiger partial charge in [-0.3, -0.25) is 0 Å². The monoisotopic (exact) mass is 495 g/mol. The maximum absolute atomic E-state index is 10.1. The number of rotatable bonds is 9. The van der Waals surface area contributed by atoms with E-state index in [2.05, 4.69) is 65.3 Å². The number of phenolic OH excluding ortho intramolecular Hbond substituents is 1. The SMILES string of the molecule is C#C.C=C(Nc1ccc(CN/C(=C/Cc2ccccc2O)n2ncc(C)c2C)cc1)c1ccc[nH]1.CC. The number of phenols is 1. The average Bonchev–Trinajstić information content (AvgIpc) is 3.59. The van der Waals surface area contributed by atoms with Crippen LogP contribution < -0.4 is 10.6 Å². The molecule has 0 aliphatic rings. The van der Waals surface area contributed by atoms with Gasteiger partial charge in [-0.25, -0.2) is 4.68 Å². The Morgan fingerprint density at radius 1 is 1.05 bits per heavy atom. The van der Waals surface area contributed by atoms with E-state index in [0.29, 0.717) is 18.7 Å². The van der Waals surface area contributed by atoms with Crippen LogP contribution in [0.2, 0.25) is 0 Å². The van der Waals surface area contributed by atoms with E-state index in [1.54, 1.807) is 6.07 Å². The number of hydrogen-bond acceptors (Lipinski definition) is 4. The van der Waals surface area contributed by atoms with E-state index in [1.807, 2.05) is 80.3 Å². The molecular formula is C31H37N5O. The van der Waals surface area contributed by atoms with Crippen molar-refractivity contribution in [3.05, 3.63) is 114 Å². The molecule has 0 fully saturated rings. The third kappa shape index (κ3) is 7.94. The molecule has 0 amide bonds. The quantitative estimate of drug-likeness (QED) is 0.194. The van der Waals surface area contributed by atoms with Gasteiger partial charge in [0.2, 0.25) is 0 Å². The third-order valence-electron chi connectivity index (χ3n) is 5.64. The topological polar surface area (TPSA) is 77.9 Å². The number of benzene rings is 2. The summed E-state index contributed by atoms with van der Waals surface area (Å²) in [5.41, 5.74) is 6.98. The fourth-order valence-electron chi connectivity index (χ4n) is 3.52. The Morgan fingerprint density at radius 3 is 2.35 bits per heavy atom. The van der Waals surface area contributed by atoms with Crippen LogP contribution >= 0.6 is 0 Å². The molecular weight excluding hydrogens is 458 g/mol. The summed E-state index contributed by atoms with van der Waals surface area (Å²) in [5.74, 6) is 1.18. The number of hydrogen-bond donors (Lipinski definition) is 4. The first-order valence-electron chi connectivity index (χ1n) is 12.3. The van der Waals surface area contributed by atoms with Gasteiger partial charge in [-0.15, -0.1) is 12.8 Å². The van der Waals surface area contributed by atoms with Crippen LogP contribution in [0.5, 0.6) is 5.75 Å². The van der Waals surface area contributed by atoms with Gasteiger partial charge in [-0.1, -0.05) is 50.8 Å². The molecule has 6 nitrogen and oxygen atoms in total. The molecule has 0 aliphatic heterocycles. The van der Waals surface area contributed by atoms with E-state index in [1.165, 1.54) is 0 Å². The summed E-state index contributed by atoms with van der Waals surface area (Å²) in [6, 6.07) is 19.6. The van der Waals surface area contributed by atoms with Crippen LogP contribution in [-0.2, 0) is 13.0 Å². The van der Waals surface area contributed by atoms with Gasteiger partial charge in [0.25, 0.3) is 0 Å². The van der Waals surface area contributed by atoms with Crippen molar-refractivity contribution in [3.8, 4) is 18.6 Å². The number of terminal acetylenes is 1. The van der Waals surface area contributed by atoms with Crippen LogP contribution in [0.25, 0.3) is 11.5 Å². The molecule has 0 spiro atoms. The van der Waals surface area contributed by atoms with Crippen molar-refractivity contribution in [2.75, 3.05) is 5.32 Å². The molecule has 2 aromatic heterocycles. The van der Waals surface area contributed by atoms with E-state index >= 15 is 0 Å². The first kappa shape index (κ1) is 28.6. The summed E-state index contributed by atoms with van der Waals surface area (Å²) in [5, 5.41) is 21.5. The highest BCUT2D eigenvalue weighted by Crippen LogP contribution is 2.19. The summed E-state index contributed by atoms with van der Waals surface area (Å²) in [6.45, 7) is 12.8. The first-order chi connectivity index (χ1) is 18.0. The summed E-state index contributed by atoms with van der Waals surface area (Å²) in [7, 11) is 0. The average molecular weight is 496 g/mol. The number of nitrogens with one attached hydrogen (secondary N) is 3. The van der Waals surface area contributed by atoms with Crippen molar-refractivity contribution < 1.29 is 5.11 Å². The number of H-pyrrole nitrogens is 1. The second kappa shape index (κ2) is 14.7. The number of para-hydroxylation sites is 1. The summed E-state index contributed by atoms with van der Waals surface area (Å²) >= 11 is 0. The molecule has 0 saturated carbocycles. The van der Waals surface area contributed by atoms with E-state index < -0.39 is 0 Å². The molecule has 0 atom stereocenters. The van der Waals surface area contributed by atoms with Gasteiger partial charge in [0.15, 0.2) is 0 Å². The molecule has 0 bridgehead atoms. The maximum Gasteiger partial charge on any atom is 0.124 e. The Bertz CT molecular complexity index is 1300. The molecule has 0 saturated heterocycles. The van der Waals surface area contributed by atoms with Crippen LogP contribution in [0.1, 0.15) is 41.9 Å². The zero-order valence-corrected chi connectivity index (χ0v) is 22.1. The smallest absolute Gasteiger partial charge is 0.124 e. The summed E-state index contributed by atoms with van der Waals surface area (Å²) < 4.78 is 1.91. The lowest BCUT2D eigenvalue weighted by Crippen LogP contribution is -2.19. The van der Waals surface area contributed by atoms with Crippen LogP contribution in [0.4, 0.5) is 5.69 Å². The Hall–Kier alpha value is -4.63. The van der Waals surface area contributed by atoms with Crippen molar-refractivity contribution in [2.24, 2.45) is 0 Å².